The number of Topliss-reactive ketones (excluding diaryl/α,β-unsaturated/α-hetero) is 1. The van der Waals surface area contributed by atoms with Gasteiger partial charge < -0.3 is 10.2 Å². The van der Waals surface area contributed by atoms with Crippen LogP contribution in [0.4, 0.5) is 5.88 Å². The second-order valence-electron chi connectivity index (χ2n) is 7.32. The summed E-state index contributed by atoms with van der Waals surface area (Å²) in [6.45, 7) is 3.07. The average molecular weight is 425 g/mol. The number of rotatable bonds is 9. The topological polar surface area (TPSA) is 140 Å². The fraction of sp³-hybridized carbons (Fsp3) is 0.318. The van der Waals surface area contributed by atoms with E-state index in [-0.39, 0.29) is 53.3 Å². The Morgan fingerprint density at radius 2 is 1.61 bits per heavy atom. The summed E-state index contributed by atoms with van der Waals surface area (Å²) in [5.41, 5.74) is 6.08. The van der Waals surface area contributed by atoms with Crippen molar-refractivity contribution in [1.29, 1.82) is 0 Å². The molecule has 1 aromatic heterocycles. The van der Waals surface area contributed by atoms with Crippen LogP contribution in [0, 0.1) is 6.92 Å². The van der Waals surface area contributed by atoms with Gasteiger partial charge in [-0.1, -0.05) is 18.6 Å². The van der Waals surface area contributed by atoms with Gasteiger partial charge in [0.25, 0.3) is 17.7 Å². The first kappa shape index (κ1) is 21.9. The number of aryl methyl sites for hydroxylation is 1. The molecule has 0 atom stereocenters. The number of carbonyl (C=O) groups is 5. The van der Waals surface area contributed by atoms with Crippen molar-refractivity contribution in [2.24, 2.45) is 5.73 Å². The van der Waals surface area contributed by atoms with Gasteiger partial charge in [0.1, 0.15) is 11.3 Å². The standard InChI is InChI=1S/C22H23N3O6/c1-12(26)17-13(2)31-20(18(17)19(23)28)24-16(27)10-4-3-7-11-25-21(29)14-8-5-6-9-15(14)22(25)30/h5-6,8-9H,3-4,7,10-11H2,1-2H3,(H2,23,28)(H,24,27). The number of amides is 4. The zero-order chi connectivity index (χ0) is 22.7. The molecule has 2 aromatic rings. The number of imide groups is 1. The lowest BCUT2D eigenvalue weighted by Gasteiger charge is -2.13. The number of carbonyl (C=O) groups excluding carboxylic acids is 5. The van der Waals surface area contributed by atoms with Crippen molar-refractivity contribution in [2.45, 2.75) is 39.5 Å². The van der Waals surface area contributed by atoms with E-state index in [4.69, 9.17) is 10.2 Å². The van der Waals surface area contributed by atoms with Gasteiger partial charge in [0.2, 0.25) is 11.8 Å². The average Bonchev–Trinajstić information content (AvgIpc) is 3.17. The molecule has 162 valence electrons. The van der Waals surface area contributed by atoms with E-state index < -0.39 is 11.8 Å². The largest absolute Gasteiger partial charge is 0.444 e. The molecule has 3 N–H and O–H groups in total. The van der Waals surface area contributed by atoms with Crippen LogP contribution in [0.5, 0.6) is 0 Å². The third-order valence-corrected chi connectivity index (χ3v) is 5.10. The summed E-state index contributed by atoms with van der Waals surface area (Å²) in [6.07, 6.45) is 1.80. The SMILES string of the molecule is CC(=O)c1c(C)oc(NC(=O)CCCCCN2C(=O)c3ccccc3C2=O)c1C(N)=O. The van der Waals surface area contributed by atoms with E-state index >= 15 is 0 Å². The number of hydrogen-bond acceptors (Lipinski definition) is 6. The first-order valence-electron chi connectivity index (χ1n) is 9.91. The van der Waals surface area contributed by atoms with Crippen molar-refractivity contribution >= 4 is 35.3 Å². The molecule has 1 aliphatic rings. The molecule has 31 heavy (non-hydrogen) atoms. The predicted molar refractivity (Wildman–Crippen MR) is 111 cm³/mol. The molecule has 9 nitrogen and oxygen atoms in total. The first-order valence-corrected chi connectivity index (χ1v) is 9.91. The summed E-state index contributed by atoms with van der Waals surface area (Å²) in [7, 11) is 0. The van der Waals surface area contributed by atoms with Crippen molar-refractivity contribution in [3.8, 4) is 0 Å². The van der Waals surface area contributed by atoms with Crippen molar-refractivity contribution in [2.75, 3.05) is 11.9 Å². The molecule has 0 aliphatic carbocycles. The number of nitrogens with two attached hydrogens (primary N) is 1. The van der Waals surface area contributed by atoms with Gasteiger partial charge in [0.15, 0.2) is 5.78 Å². The van der Waals surface area contributed by atoms with Gasteiger partial charge in [-0.3, -0.25) is 34.2 Å². The second kappa shape index (κ2) is 8.95. The van der Waals surface area contributed by atoms with E-state index in [1.54, 1.807) is 24.3 Å². The minimum absolute atomic E-state index is 0.0590. The summed E-state index contributed by atoms with van der Waals surface area (Å²) < 4.78 is 5.35. The maximum atomic E-state index is 12.3. The van der Waals surface area contributed by atoms with Crippen LogP contribution in [-0.2, 0) is 4.79 Å². The van der Waals surface area contributed by atoms with E-state index in [1.165, 1.54) is 18.7 Å². The Balaban J connectivity index is 1.48. The van der Waals surface area contributed by atoms with Crippen LogP contribution in [0.3, 0.4) is 0 Å². The van der Waals surface area contributed by atoms with Gasteiger partial charge in [-0.05, 0) is 38.8 Å². The number of anilines is 1. The molecule has 1 aliphatic heterocycles. The number of primary amides is 1. The minimum Gasteiger partial charge on any atom is -0.444 e. The number of benzene rings is 1. The van der Waals surface area contributed by atoms with Gasteiger partial charge in [0, 0.05) is 13.0 Å². The molecular weight excluding hydrogens is 402 g/mol. The molecule has 0 fully saturated rings. The number of nitrogens with one attached hydrogen (secondary N) is 1. The lowest BCUT2D eigenvalue weighted by molar-refractivity contribution is -0.116. The number of ketones is 1. The van der Waals surface area contributed by atoms with Gasteiger partial charge in [-0.2, -0.15) is 0 Å². The number of hydrogen-bond donors (Lipinski definition) is 2. The van der Waals surface area contributed by atoms with E-state index in [0.717, 1.165) is 0 Å². The Morgan fingerprint density at radius 3 is 2.16 bits per heavy atom. The van der Waals surface area contributed by atoms with E-state index in [2.05, 4.69) is 5.32 Å². The van der Waals surface area contributed by atoms with Crippen LogP contribution in [0.2, 0.25) is 0 Å². The lowest BCUT2D eigenvalue weighted by atomic mass is 10.1. The van der Waals surface area contributed by atoms with Crippen molar-refractivity contribution in [3.63, 3.8) is 0 Å². The highest BCUT2D eigenvalue weighted by atomic mass is 16.4. The summed E-state index contributed by atoms with van der Waals surface area (Å²) in [6, 6.07) is 6.70. The van der Waals surface area contributed by atoms with Crippen molar-refractivity contribution in [1.82, 2.24) is 4.90 Å². The Labute approximate surface area is 178 Å². The maximum absolute atomic E-state index is 12.3. The molecule has 0 radical (unpaired) electrons. The summed E-state index contributed by atoms with van der Waals surface area (Å²) in [5.74, 6) is -2.17. The minimum atomic E-state index is -0.863. The van der Waals surface area contributed by atoms with Crippen LogP contribution < -0.4 is 11.1 Å². The van der Waals surface area contributed by atoms with E-state index in [9.17, 15) is 24.0 Å². The number of furan rings is 1. The van der Waals surface area contributed by atoms with Crippen LogP contribution >= 0.6 is 0 Å². The molecule has 0 saturated carbocycles. The highest BCUT2D eigenvalue weighted by Crippen LogP contribution is 2.27. The molecule has 2 heterocycles. The zero-order valence-electron chi connectivity index (χ0n) is 17.3. The molecule has 9 heteroatoms. The second-order valence-corrected chi connectivity index (χ2v) is 7.32. The molecule has 4 amide bonds. The molecule has 0 unspecified atom stereocenters. The van der Waals surface area contributed by atoms with Crippen molar-refractivity contribution in [3.05, 3.63) is 52.3 Å². The van der Waals surface area contributed by atoms with Crippen LogP contribution in [0.15, 0.2) is 28.7 Å². The maximum Gasteiger partial charge on any atom is 0.261 e. The van der Waals surface area contributed by atoms with Crippen LogP contribution in [-0.4, -0.2) is 40.9 Å². The fourth-order valence-electron chi connectivity index (χ4n) is 3.66. The fourth-order valence-corrected chi connectivity index (χ4v) is 3.66. The highest BCUT2D eigenvalue weighted by Gasteiger charge is 2.34. The van der Waals surface area contributed by atoms with E-state index in [0.29, 0.717) is 30.4 Å². The number of nitrogens with zero attached hydrogens (tertiary/aromatic N) is 1. The lowest BCUT2D eigenvalue weighted by Crippen LogP contribution is -2.30. The van der Waals surface area contributed by atoms with Gasteiger partial charge >= 0.3 is 0 Å². The summed E-state index contributed by atoms with van der Waals surface area (Å²) >= 11 is 0. The smallest absolute Gasteiger partial charge is 0.261 e. The van der Waals surface area contributed by atoms with Gasteiger partial charge in [0.05, 0.1) is 16.7 Å². The normalized spacial score (nSPS) is 12.8. The molecule has 0 spiro atoms. The van der Waals surface area contributed by atoms with Crippen molar-refractivity contribution < 1.29 is 28.4 Å². The number of unbranched alkanes of at least 4 members (excludes halogenated alkanes) is 2. The number of fused-ring (bicyclic) bond motifs is 1. The first-order chi connectivity index (χ1) is 14.7. The third-order valence-electron chi connectivity index (χ3n) is 5.10. The zero-order valence-corrected chi connectivity index (χ0v) is 17.3. The van der Waals surface area contributed by atoms with Gasteiger partial charge in [-0.25, -0.2) is 0 Å². The molecule has 0 bridgehead atoms. The Morgan fingerprint density at radius 1 is 1.00 bits per heavy atom. The Bertz CT molecular complexity index is 1050. The quantitative estimate of drug-likeness (QED) is 0.360. The highest BCUT2D eigenvalue weighted by molar-refractivity contribution is 6.21. The molecule has 3 rings (SSSR count). The van der Waals surface area contributed by atoms with Crippen LogP contribution in [0.25, 0.3) is 0 Å². The molecular formula is C22H23N3O6. The Hall–Kier alpha value is -3.75. The predicted octanol–water partition coefficient (Wildman–Crippen LogP) is 2.68. The molecule has 0 saturated heterocycles. The van der Waals surface area contributed by atoms with Gasteiger partial charge in [-0.15, -0.1) is 0 Å². The molecule has 1 aromatic carbocycles. The van der Waals surface area contributed by atoms with Crippen LogP contribution in [0.1, 0.15) is 79.8 Å². The summed E-state index contributed by atoms with van der Waals surface area (Å²) in [5, 5.41) is 2.49. The Kier molecular flexibility index (Phi) is 6.33. The van der Waals surface area contributed by atoms with E-state index in [1.807, 2.05) is 0 Å². The summed E-state index contributed by atoms with van der Waals surface area (Å²) in [4.78, 5) is 61.5. The third kappa shape index (κ3) is 4.40. The monoisotopic (exact) mass is 425 g/mol.